The van der Waals surface area contributed by atoms with Crippen LogP contribution in [0.2, 0.25) is 10.0 Å². The van der Waals surface area contributed by atoms with E-state index in [1.165, 1.54) is 6.07 Å². The van der Waals surface area contributed by atoms with Gasteiger partial charge >= 0.3 is 0 Å². The van der Waals surface area contributed by atoms with Gasteiger partial charge < -0.3 is 14.8 Å². The van der Waals surface area contributed by atoms with Gasteiger partial charge in [-0.15, -0.1) is 11.3 Å². The maximum Gasteiger partial charge on any atom is 0.271 e. The van der Waals surface area contributed by atoms with Crippen molar-refractivity contribution in [2.45, 2.75) is 30.1 Å². The highest BCUT2D eigenvalue weighted by molar-refractivity contribution is 7.94. The lowest BCUT2D eigenvalue weighted by atomic mass is 10.1. The maximum absolute atomic E-state index is 13.1. The molecule has 1 saturated heterocycles. The fourth-order valence-corrected chi connectivity index (χ4v) is 6.79. The summed E-state index contributed by atoms with van der Waals surface area (Å²) >= 11 is 13.9. The zero-order valence-corrected chi connectivity index (χ0v) is 21.5. The summed E-state index contributed by atoms with van der Waals surface area (Å²) in [6, 6.07) is 11.9. The van der Waals surface area contributed by atoms with Crippen molar-refractivity contribution in [1.29, 1.82) is 0 Å². The quantitative estimate of drug-likeness (QED) is 0.396. The molecule has 2 aromatic carbocycles. The maximum atomic E-state index is 13.1. The van der Waals surface area contributed by atoms with Crippen molar-refractivity contribution >= 4 is 50.2 Å². The van der Waals surface area contributed by atoms with Gasteiger partial charge in [-0.2, -0.15) is 0 Å². The normalized spacial score (nSPS) is 18.3. The number of hydrogen-bond donors (Lipinski definition) is 2. The smallest absolute Gasteiger partial charge is 0.271 e. The Kier molecular flexibility index (Phi) is 6.85. The molecule has 0 saturated carbocycles. The average molecular weight is 527 g/mol. The van der Waals surface area contributed by atoms with Crippen molar-refractivity contribution in [1.82, 2.24) is 5.32 Å². The second kappa shape index (κ2) is 9.35. The molecule has 1 fully saturated rings. The number of thiophene rings is 1. The lowest BCUT2D eigenvalue weighted by Crippen LogP contribution is -2.34. The van der Waals surface area contributed by atoms with Crippen LogP contribution in [0.3, 0.4) is 0 Å². The molecule has 176 valence electrons. The molecule has 0 aliphatic carbocycles. The molecule has 4 rings (SSSR count). The Morgan fingerprint density at radius 2 is 1.91 bits per heavy atom. The Hall–Kier alpha value is -1.97. The van der Waals surface area contributed by atoms with Gasteiger partial charge in [0.25, 0.3) is 10.0 Å². The monoisotopic (exact) mass is 526 g/mol. The van der Waals surface area contributed by atoms with Crippen molar-refractivity contribution in [3.8, 4) is 21.9 Å². The molecule has 33 heavy (non-hydrogen) atoms. The zero-order chi connectivity index (χ0) is 23.8. The van der Waals surface area contributed by atoms with Crippen LogP contribution in [0.5, 0.6) is 11.5 Å². The molecule has 0 unspecified atom stereocenters. The summed E-state index contributed by atoms with van der Waals surface area (Å²) in [6.07, 6.45) is 0.834. The molecule has 0 radical (unpaired) electrons. The van der Waals surface area contributed by atoms with E-state index in [-0.39, 0.29) is 4.21 Å². The first-order chi connectivity index (χ1) is 15.6. The van der Waals surface area contributed by atoms with Gasteiger partial charge in [0, 0.05) is 19.0 Å². The average Bonchev–Trinajstić information content (AvgIpc) is 3.36. The lowest BCUT2D eigenvalue weighted by Gasteiger charge is -2.25. The topological polar surface area (TPSA) is 76.7 Å². The standard InChI is InChI=1S/C23H24Cl2N2O4S2/c1-14-10-16(30-3)5-6-17(14)22-19(25)12-21(32-22)33(28,29)27-15-4-7-18(24)20(11-15)31-23(2)8-9-26-13-23/h4-7,10-12,26-27H,8-9,13H2,1-3H3/t23-/m1/s1. The molecule has 2 heterocycles. The minimum atomic E-state index is -3.87. The number of aryl methyl sites for hydroxylation is 1. The molecule has 1 aliphatic rings. The number of nitrogens with one attached hydrogen (secondary N) is 2. The van der Waals surface area contributed by atoms with E-state index in [0.29, 0.717) is 32.9 Å². The second-order valence-electron chi connectivity index (χ2n) is 8.15. The van der Waals surface area contributed by atoms with Gasteiger partial charge in [-0.25, -0.2) is 8.42 Å². The summed E-state index contributed by atoms with van der Waals surface area (Å²) in [5.74, 6) is 1.16. The molecule has 6 nitrogen and oxygen atoms in total. The van der Waals surface area contributed by atoms with Gasteiger partial charge in [0.15, 0.2) is 0 Å². The molecule has 0 amide bonds. The summed E-state index contributed by atoms with van der Waals surface area (Å²) in [7, 11) is -2.27. The van der Waals surface area contributed by atoms with Gasteiger partial charge in [0.05, 0.1) is 27.7 Å². The summed E-state index contributed by atoms with van der Waals surface area (Å²) in [4.78, 5) is 0.680. The summed E-state index contributed by atoms with van der Waals surface area (Å²) in [6.45, 7) is 5.47. The lowest BCUT2D eigenvalue weighted by molar-refractivity contribution is 0.111. The van der Waals surface area contributed by atoms with Crippen molar-refractivity contribution in [2.75, 3.05) is 24.9 Å². The molecular formula is C23H24Cl2N2O4S2. The SMILES string of the molecule is COc1ccc(-c2sc(S(=O)(=O)Nc3ccc(Cl)c(O[C@]4(C)CCNC4)c3)cc2Cl)c(C)c1. The second-order valence-corrected chi connectivity index (χ2v) is 11.9. The molecule has 1 aliphatic heterocycles. The molecule has 10 heteroatoms. The number of methoxy groups -OCH3 is 1. The van der Waals surface area contributed by atoms with Crippen LogP contribution in [0.25, 0.3) is 10.4 Å². The van der Waals surface area contributed by atoms with E-state index in [9.17, 15) is 8.42 Å². The van der Waals surface area contributed by atoms with Gasteiger partial charge in [0.1, 0.15) is 21.3 Å². The van der Waals surface area contributed by atoms with Crippen LogP contribution in [-0.2, 0) is 10.0 Å². The van der Waals surface area contributed by atoms with Crippen LogP contribution >= 0.6 is 34.5 Å². The Bertz CT molecular complexity index is 1290. The molecule has 1 aromatic heterocycles. The van der Waals surface area contributed by atoms with Crippen LogP contribution in [0.1, 0.15) is 18.9 Å². The first-order valence-corrected chi connectivity index (χ1v) is 13.3. The van der Waals surface area contributed by atoms with Crippen LogP contribution in [0.15, 0.2) is 46.7 Å². The predicted octanol–water partition coefficient (Wildman–Crippen LogP) is 5.97. The minimum absolute atomic E-state index is 0.113. The Morgan fingerprint density at radius 3 is 2.58 bits per heavy atom. The highest BCUT2D eigenvalue weighted by Crippen LogP contribution is 2.41. The number of ether oxygens (including phenoxy) is 2. The highest BCUT2D eigenvalue weighted by Gasteiger charge is 2.31. The molecular weight excluding hydrogens is 503 g/mol. The number of hydrogen-bond acceptors (Lipinski definition) is 6. The fraction of sp³-hybridized carbons (Fsp3) is 0.304. The van der Waals surface area contributed by atoms with Crippen LogP contribution in [0, 0.1) is 6.92 Å². The van der Waals surface area contributed by atoms with E-state index in [1.54, 1.807) is 25.3 Å². The van der Waals surface area contributed by atoms with E-state index in [4.69, 9.17) is 32.7 Å². The first kappa shape index (κ1) is 24.2. The predicted molar refractivity (Wildman–Crippen MR) is 135 cm³/mol. The summed E-state index contributed by atoms with van der Waals surface area (Å²) in [5.41, 5.74) is 1.75. The van der Waals surface area contributed by atoms with Crippen LogP contribution in [0.4, 0.5) is 5.69 Å². The van der Waals surface area contributed by atoms with Crippen LogP contribution in [-0.4, -0.2) is 34.2 Å². The zero-order valence-electron chi connectivity index (χ0n) is 18.4. The number of anilines is 1. The number of benzene rings is 2. The summed E-state index contributed by atoms with van der Waals surface area (Å²) < 4.78 is 40.3. The van der Waals surface area contributed by atoms with E-state index in [0.717, 1.165) is 41.2 Å². The van der Waals surface area contributed by atoms with Crippen molar-refractivity contribution in [2.24, 2.45) is 0 Å². The molecule has 1 atom stereocenters. The Morgan fingerprint density at radius 1 is 1.12 bits per heavy atom. The highest BCUT2D eigenvalue weighted by atomic mass is 35.5. The van der Waals surface area contributed by atoms with Crippen molar-refractivity contribution < 1.29 is 17.9 Å². The number of rotatable bonds is 7. The number of halogens is 2. The largest absolute Gasteiger partial charge is 0.497 e. The van der Waals surface area contributed by atoms with Gasteiger partial charge in [-0.1, -0.05) is 23.2 Å². The first-order valence-electron chi connectivity index (χ1n) is 10.3. The van der Waals surface area contributed by atoms with Gasteiger partial charge in [-0.05, 0) is 67.9 Å². The van der Waals surface area contributed by atoms with Gasteiger partial charge in [0.2, 0.25) is 0 Å². The minimum Gasteiger partial charge on any atom is -0.497 e. The fourth-order valence-electron chi connectivity index (χ4n) is 3.68. The van der Waals surface area contributed by atoms with Crippen LogP contribution < -0.4 is 19.5 Å². The molecule has 3 aromatic rings. The third-order valence-corrected chi connectivity index (χ3v) is 9.22. The molecule has 2 N–H and O–H groups in total. The third-order valence-electron chi connectivity index (χ3n) is 5.48. The van der Waals surface area contributed by atoms with E-state index in [2.05, 4.69) is 10.0 Å². The van der Waals surface area contributed by atoms with Crippen molar-refractivity contribution in [3.63, 3.8) is 0 Å². The Labute approximate surface area is 207 Å². The summed E-state index contributed by atoms with van der Waals surface area (Å²) in [5, 5.41) is 4.05. The van der Waals surface area contributed by atoms with E-state index < -0.39 is 15.6 Å². The Balaban J connectivity index is 1.60. The molecule has 0 bridgehead atoms. The molecule has 0 spiro atoms. The van der Waals surface area contributed by atoms with E-state index >= 15 is 0 Å². The van der Waals surface area contributed by atoms with Gasteiger partial charge in [-0.3, -0.25) is 4.72 Å². The van der Waals surface area contributed by atoms with Crippen molar-refractivity contribution in [3.05, 3.63) is 58.1 Å². The van der Waals surface area contributed by atoms with E-state index in [1.807, 2.05) is 32.0 Å². The third kappa shape index (κ3) is 5.25. The number of sulfonamides is 1.